The monoisotopic (exact) mass is 453 g/mol. The van der Waals surface area contributed by atoms with Crippen molar-refractivity contribution in [1.82, 2.24) is 4.90 Å². The summed E-state index contributed by atoms with van der Waals surface area (Å²) >= 11 is 0. The van der Waals surface area contributed by atoms with E-state index in [1.165, 1.54) is 0 Å². The third kappa shape index (κ3) is 3.77. The van der Waals surface area contributed by atoms with Gasteiger partial charge in [-0.1, -0.05) is 55.5 Å². The van der Waals surface area contributed by atoms with Crippen molar-refractivity contribution >= 4 is 16.9 Å². The number of hydrogen-bond donors (Lipinski definition) is 0. The van der Waals surface area contributed by atoms with Crippen LogP contribution in [0.3, 0.4) is 0 Å². The molecule has 0 radical (unpaired) electrons. The molecule has 0 aliphatic carbocycles. The highest BCUT2D eigenvalue weighted by molar-refractivity contribution is 5.99. The Morgan fingerprint density at radius 3 is 2.41 bits per heavy atom. The maximum Gasteiger partial charge on any atom is 0.290 e. The summed E-state index contributed by atoms with van der Waals surface area (Å²) in [5.41, 5.74) is 4.58. The van der Waals surface area contributed by atoms with Crippen molar-refractivity contribution in [2.75, 3.05) is 6.54 Å². The average molecular weight is 454 g/mol. The molecule has 1 atom stereocenters. The number of amides is 1. The zero-order valence-corrected chi connectivity index (χ0v) is 19.6. The topological polar surface area (TPSA) is 59.8 Å². The van der Waals surface area contributed by atoms with E-state index < -0.39 is 6.04 Å². The molecular formula is C29H27NO4. The summed E-state index contributed by atoms with van der Waals surface area (Å²) < 4.78 is 12.0. The molecule has 0 fully saturated rings. The Kier molecular flexibility index (Phi) is 5.70. The second-order valence-corrected chi connectivity index (χ2v) is 8.88. The van der Waals surface area contributed by atoms with Gasteiger partial charge in [0.25, 0.3) is 5.91 Å². The number of aryl methyl sites for hydroxylation is 2. The molecule has 0 spiro atoms. The van der Waals surface area contributed by atoms with E-state index in [0.717, 1.165) is 34.4 Å². The first kappa shape index (κ1) is 22.0. The van der Waals surface area contributed by atoms with E-state index in [1.54, 1.807) is 4.90 Å². The molecule has 1 aromatic heterocycles. The number of nitrogens with zero attached hydrogens (tertiary/aromatic N) is 1. The van der Waals surface area contributed by atoms with E-state index in [0.29, 0.717) is 29.7 Å². The van der Waals surface area contributed by atoms with Crippen LogP contribution in [0.15, 0.2) is 75.9 Å². The minimum atomic E-state index is -0.480. The lowest BCUT2D eigenvalue weighted by Crippen LogP contribution is -2.30. The molecule has 172 valence electrons. The highest BCUT2D eigenvalue weighted by atomic mass is 16.5. The van der Waals surface area contributed by atoms with E-state index in [9.17, 15) is 9.59 Å². The number of hydrogen-bond acceptors (Lipinski definition) is 4. The van der Waals surface area contributed by atoms with Gasteiger partial charge in [0, 0.05) is 6.54 Å². The molecule has 5 rings (SSSR count). The fourth-order valence-electron chi connectivity index (χ4n) is 4.78. The Balaban J connectivity index is 1.55. The van der Waals surface area contributed by atoms with Crippen molar-refractivity contribution in [1.29, 1.82) is 0 Å². The molecule has 0 saturated heterocycles. The molecule has 5 heteroatoms. The van der Waals surface area contributed by atoms with Crippen LogP contribution in [0.1, 0.15) is 57.8 Å². The number of ether oxygens (including phenoxy) is 1. The van der Waals surface area contributed by atoms with E-state index in [4.69, 9.17) is 9.15 Å². The minimum Gasteiger partial charge on any atom is -0.489 e. The standard InChI is InChI=1S/C29H27NO4/c1-4-14-30-25(21-10-12-22(13-11-21)33-17-20-8-6-5-7-9-20)24-26(31)23-16-18(2)15-19(3)27(23)34-28(24)29(30)32/h5-13,15-16,25H,4,14,17H2,1-3H3. The van der Waals surface area contributed by atoms with E-state index in [2.05, 4.69) is 0 Å². The van der Waals surface area contributed by atoms with Crippen molar-refractivity contribution < 1.29 is 13.9 Å². The van der Waals surface area contributed by atoms with Crippen molar-refractivity contribution in [3.05, 3.63) is 111 Å². The third-order valence-electron chi connectivity index (χ3n) is 6.31. The summed E-state index contributed by atoms with van der Waals surface area (Å²) in [5.74, 6) is 0.661. The van der Waals surface area contributed by atoms with Gasteiger partial charge in [-0.15, -0.1) is 0 Å². The van der Waals surface area contributed by atoms with Crippen LogP contribution in [0.5, 0.6) is 5.75 Å². The fraction of sp³-hybridized carbons (Fsp3) is 0.241. The lowest BCUT2D eigenvalue weighted by Gasteiger charge is -2.24. The van der Waals surface area contributed by atoms with Crippen LogP contribution >= 0.6 is 0 Å². The van der Waals surface area contributed by atoms with E-state index >= 15 is 0 Å². The van der Waals surface area contributed by atoms with Gasteiger partial charge >= 0.3 is 0 Å². The van der Waals surface area contributed by atoms with Crippen LogP contribution in [-0.4, -0.2) is 17.4 Å². The molecule has 1 unspecified atom stereocenters. The molecule has 0 bridgehead atoms. The Morgan fingerprint density at radius 1 is 0.971 bits per heavy atom. The van der Waals surface area contributed by atoms with Gasteiger partial charge in [0.1, 0.15) is 17.9 Å². The highest BCUT2D eigenvalue weighted by Crippen LogP contribution is 2.39. The van der Waals surface area contributed by atoms with Crippen LogP contribution in [0.2, 0.25) is 0 Å². The van der Waals surface area contributed by atoms with Crippen LogP contribution < -0.4 is 10.2 Å². The normalized spacial score (nSPS) is 15.1. The maximum atomic E-state index is 13.7. The molecule has 5 nitrogen and oxygen atoms in total. The molecule has 2 heterocycles. The van der Waals surface area contributed by atoms with Crippen LogP contribution in [0.25, 0.3) is 11.0 Å². The minimum absolute atomic E-state index is 0.135. The fourth-order valence-corrected chi connectivity index (χ4v) is 4.78. The smallest absolute Gasteiger partial charge is 0.290 e. The van der Waals surface area contributed by atoms with Gasteiger partial charge in [-0.3, -0.25) is 9.59 Å². The Morgan fingerprint density at radius 2 is 1.71 bits per heavy atom. The largest absolute Gasteiger partial charge is 0.489 e. The van der Waals surface area contributed by atoms with Gasteiger partial charge in [0.15, 0.2) is 5.43 Å². The number of benzene rings is 3. The van der Waals surface area contributed by atoms with Gasteiger partial charge in [-0.25, -0.2) is 0 Å². The summed E-state index contributed by atoms with van der Waals surface area (Å²) in [6.07, 6.45) is 0.778. The molecule has 0 saturated carbocycles. The lowest BCUT2D eigenvalue weighted by atomic mass is 9.97. The summed E-state index contributed by atoms with van der Waals surface area (Å²) in [7, 11) is 0. The van der Waals surface area contributed by atoms with Crippen molar-refractivity contribution in [3.8, 4) is 5.75 Å². The van der Waals surface area contributed by atoms with Gasteiger partial charge in [-0.05, 0) is 60.7 Å². The molecule has 1 aliphatic rings. The van der Waals surface area contributed by atoms with Gasteiger partial charge in [0.05, 0.1) is 17.0 Å². The van der Waals surface area contributed by atoms with Gasteiger partial charge < -0.3 is 14.1 Å². The summed E-state index contributed by atoms with van der Waals surface area (Å²) in [6, 6.07) is 21.0. The molecular weight excluding hydrogens is 426 g/mol. The highest BCUT2D eigenvalue weighted by Gasteiger charge is 2.42. The second-order valence-electron chi connectivity index (χ2n) is 8.88. The number of carbonyl (C=O) groups is 1. The predicted molar refractivity (Wildman–Crippen MR) is 132 cm³/mol. The van der Waals surface area contributed by atoms with Crippen molar-refractivity contribution in [2.45, 2.75) is 39.8 Å². The van der Waals surface area contributed by atoms with Crippen molar-refractivity contribution in [2.24, 2.45) is 0 Å². The Bertz CT molecular complexity index is 1420. The SMILES string of the molecule is CCCN1C(=O)c2oc3c(C)cc(C)cc3c(=O)c2C1c1ccc(OCc2ccccc2)cc1. The number of carbonyl (C=O) groups excluding carboxylic acids is 1. The quantitative estimate of drug-likeness (QED) is 0.362. The van der Waals surface area contributed by atoms with Crippen LogP contribution in [0, 0.1) is 13.8 Å². The zero-order chi connectivity index (χ0) is 23.8. The average Bonchev–Trinajstić information content (AvgIpc) is 3.12. The molecule has 4 aromatic rings. The first-order valence-electron chi connectivity index (χ1n) is 11.6. The summed E-state index contributed by atoms with van der Waals surface area (Å²) in [4.78, 5) is 28.8. The van der Waals surface area contributed by atoms with Gasteiger partial charge in [-0.2, -0.15) is 0 Å². The van der Waals surface area contributed by atoms with Gasteiger partial charge in [0.2, 0.25) is 5.76 Å². The molecule has 3 aromatic carbocycles. The third-order valence-corrected chi connectivity index (χ3v) is 6.31. The van der Waals surface area contributed by atoms with Crippen molar-refractivity contribution in [3.63, 3.8) is 0 Å². The first-order valence-corrected chi connectivity index (χ1v) is 11.6. The molecule has 34 heavy (non-hydrogen) atoms. The summed E-state index contributed by atoms with van der Waals surface area (Å²) in [6.45, 7) is 6.89. The predicted octanol–water partition coefficient (Wildman–Crippen LogP) is 5.94. The Hall–Kier alpha value is -3.86. The van der Waals surface area contributed by atoms with Crippen LogP contribution in [0.4, 0.5) is 0 Å². The zero-order valence-electron chi connectivity index (χ0n) is 19.6. The Labute approximate surface area is 198 Å². The second kappa shape index (κ2) is 8.82. The first-order chi connectivity index (χ1) is 16.5. The van der Waals surface area contributed by atoms with Crippen LogP contribution in [-0.2, 0) is 6.61 Å². The van der Waals surface area contributed by atoms with E-state index in [-0.39, 0.29) is 17.1 Å². The molecule has 1 aliphatic heterocycles. The summed E-state index contributed by atoms with van der Waals surface area (Å²) in [5, 5.41) is 0.523. The molecule has 1 amide bonds. The lowest BCUT2D eigenvalue weighted by molar-refractivity contribution is 0.0728. The van der Waals surface area contributed by atoms with E-state index in [1.807, 2.05) is 87.5 Å². The number of fused-ring (bicyclic) bond motifs is 2. The molecule has 0 N–H and O–H groups in total. The maximum absolute atomic E-state index is 13.7. The number of rotatable bonds is 6.